The van der Waals surface area contributed by atoms with Crippen LogP contribution in [0.4, 0.5) is 0 Å². The summed E-state index contributed by atoms with van der Waals surface area (Å²) < 4.78 is 34.1. The van der Waals surface area contributed by atoms with Crippen LogP contribution in [0.15, 0.2) is 58.1 Å². The average Bonchev–Trinajstić information content (AvgIpc) is 3.81. The largest absolute Gasteiger partial charge is 0.351 e. The summed E-state index contributed by atoms with van der Waals surface area (Å²) in [6.07, 6.45) is 4.97. The Kier molecular flexibility index (Phi) is 9.14. The van der Waals surface area contributed by atoms with Gasteiger partial charge in [-0.2, -0.15) is 4.72 Å². The van der Waals surface area contributed by atoms with Gasteiger partial charge in [0.2, 0.25) is 27.6 Å². The summed E-state index contributed by atoms with van der Waals surface area (Å²) in [6, 6.07) is 10.6. The summed E-state index contributed by atoms with van der Waals surface area (Å²) in [5.74, 6) is -0.504. The lowest BCUT2D eigenvalue weighted by Crippen LogP contribution is -2.55. The van der Waals surface area contributed by atoms with Crippen molar-refractivity contribution in [3.8, 4) is 0 Å². The second kappa shape index (κ2) is 13.1. The Morgan fingerprint density at radius 1 is 1.04 bits per heavy atom. The minimum absolute atomic E-state index is 0.0171. The molecule has 3 aliphatic heterocycles. The first-order valence-electron chi connectivity index (χ1n) is 15.3. The third-order valence-corrected chi connectivity index (χ3v) is 10.9. The van der Waals surface area contributed by atoms with E-state index in [1.54, 1.807) is 48.3 Å². The van der Waals surface area contributed by atoms with Crippen molar-refractivity contribution in [2.75, 3.05) is 46.3 Å². The molecule has 0 spiro atoms. The van der Waals surface area contributed by atoms with Crippen LogP contribution in [0.1, 0.15) is 42.7 Å². The Morgan fingerprint density at radius 3 is 2.62 bits per heavy atom. The molecule has 4 heterocycles. The van der Waals surface area contributed by atoms with E-state index >= 15 is 0 Å². The predicted molar refractivity (Wildman–Crippen MR) is 167 cm³/mol. The van der Waals surface area contributed by atoms with E-state index in [9.17, 15) is 22.8 Å². The molecule has 3 aromatic rings. The van der Waals surface area contributed by atoms with Crippen molar-refractivity contribution in [3.63, 3.8) is 0 Å². The van der Waals surface area contributed by atoms with Gasteiger partial charge in [0.25, 0.3) is 5.91 Å². The third kappa shape index (κ3) is 6.86. The summed E-state index contributed by atoms with van der Waals surface area (Å²) in [6.45, 7) is 3.15. The SMILES string of the molecule is CN(C(=O)c1ccno1)C1CCN(CC2CCCN2C(=O)CN2CCCC(NS(=O)(=O)c3ccc4cc(Cl)ccc4c3)C2=O)C1. The number of aromatic nitrogens is 1. The first-order chi connectivity index (χ1) is 21.6. The van der Waals surface area contributed by atoms with Crippen LogP contribution >= 0.6 is 11.6 Å². The van der Waals surface area contributed by atoms with Crippen molar-refractivity contribution in [2.45, 2.75) is 55.1 Å². The molecule has 0 aliphatic carbocycles. The number of carbonyl (C=O) groups excluding carboxylic acids is 3. The average molecular weight is 657 g/mol. The molecule has 14 heteroatoms. The number of sulfonamides is 1. The van der Waals surface area contributed by atoms with Crippen molar-refractivity contribution in [2.24, 2.45) is 0 Å². The molecule has 1 N–H and O–H groups in total. The van der Waals surface area contributed by atoms with E-state index in [0.717, 1.165) is 36.6 Å². The maximum Gasteiger partial charge on any atom is 0.292 e. The van der Waals surface area contributed by atoms with Crippen LogP contribution in [0.2, 0.25) is 5.02 Å². The summed E-state index contributed by atoms with van der Waals surface area (Å²) in [7, 11) is -2.21. The molecule has 3 unspecified atom stereocenters. The van der Waals surface area contributed by atoms with Gasteiger partial charge in [-0.25, -0.2) is 8.42 Å². The lowest BCUT2D eigenvalue weighted by atomic mass is 10.1. The molecule has 1 aromatic heterocycles. The Bertz CT molecular complexity index is 1680. The molecule has 45 heavy (non-hydrogen) atoms. The van der Waals surface area contributed by atoms with Crippen molar-refractivity contribution in [3.05, 3.63) is 59.4 Å². The molecule has 0 bridgehead atoms. The van der Waals surface area contributed by atoms with E-state index in [4.69, 9.17) is 16.1 Å². The molecule has 240 valence electrons. The quantitative estimate of drug-likeness (QED) is 0.371. The standard InChI is InChI=1S/C31H37ClN6O6S/c1-35(31(41)28-10-12-33-44-28)24-11-15-36(18-24)19-25-4-2-14-38(25)29(39)20-37-13-3-5-27(30(37)40)34-45(42,43)26-9-7-21-16-23(32)8-6-22(21)17-26/h6-10,12,16-17,24-25,27,34H,2-5,11,13-15,18-20H2,1H3. The summed E-state index contributed by atoms with van der Waals surface area (Å²) in [5, 5.41) is 5.72. The van der Waals surface area contributed by atoms with Crippen LogP contribution in [-0.2, 0) is 19.6 Å². The first-order valence-corrected chi connectivity index (χ1v) is 17.2. The number of amides is 3. The van der Waals surface area contributed by atoms with Crippen LogP contribution in [0, 0.1) is 0 Å². The maximum atomic E-state index is 13.5. The molecular weight excluding hydrogens is 620 g/mol. The maximum absolute atomic E-state index is 13.5. The number of likely N-dealkylation sites (tertiary alicyclic amines) is 3. The number of nitrogens with zero attached hydrogens (tertiary/aromatic N) is 5. The van der Waals surface area contributed by atoms with Crippen LogP contribution in [0.3, 0.4) is 0 Å². The van der Waals surface area contributed by atoms with Crippen molar-refractivity contribution >= 4 is 50.1 Å². The van der Waals surface area contributed by atoms with Crippen LogP contribution in [0.25, 0.3) is 10.8 Å². The molecule has 3 aliphatic rings. The fourth-order valence-electron chi connectivity index (χ4n) is 6.69. The Morgan fingerprint density at radius 2 is 1.82 bits per heavy atom. The molecule has 6 rings (SSSR count). The molecule has 3 saturated heterocycles. The van der Waals surface area contributed by atoms with Gasteiger partial charge in [-0.15, -0.1) is 0 Å². The van der Waals surface area contributed by atoms with Gasteiger partial charge in [-0.05, 0) is 67.1 Å². The number of hydrogen-bond acceptors (Lipinski definition) is 8. The second-order valence-electron chi connectivity index (χ2n) is 12.1. The van der Waals surface area contributed by atoms with Crippen molar-refractivity contribution in [1.82, 2.24) is 29.5 Å². The van der Waals surface area contributed by atoms with E-state index in [-0.39, 0.29) is 47.0 Å². The summed E-state index contributed by atoms with van der Waals surface area (Å²) in [5.41, 5.74) is 0. The van der Waals surface area contributed by atoms with Gasteiger partial charge in [0.1, 0.15) is 6.04 Å². The molecular formula is C31H37ClN6O6S. The van der Waals surface area contributed by atoms with Gasteiger partial charge in [-0.3, -0.25) is 19.3 Å². The highest BCUT2D eigenvalue weighted by molar-refractivity contribution is 7.89. The zero-order valence-electron chi connectivity index (χ0n) is 25.1. The normalized spacial score (nSPS) is 22.8. The van der Waals surface area contributed by atoms with Crippen molar-refractivity contribution in [1.29, 1.82) is 0 Å². The van der Waals surface area contributed by atoms with E-state index in [1.165, 1.54) is 17.2 Å². The monoisotopic (exact) mass is 656 g/mol. The predicted octanol–water partition coefficient (Wildman–Crippen LogP) is 2.59. The second-order valence-corrected chi connectivity index (χ2v) is 14.3. The lowest BCUT2D eigenvalue weighted by Gasteiger charge is -2.35. The van der Waals surface area contributed by atoms with E-state index in [0.29, 0.717) is 44.0 Å². The van der Waals surface area contributed by atoms with E-state index in [2.05, 4.69) is 14.8 Å². The number of benzene rings is 2. The molecule has 2 aromatic carbocycles. The molecule has 0 radical (unpaired) electrons. The summed E-state index contributed by atoms with van der Waals surface area (Å²) in [4.78, 5) is 47.0. The number of fused-ring (bicyclic) bond motifs is 1. The summed E-state index contributed by atoms with van der Waals surface area (Å²) >= 11 is 6.05. The minimum Gasteiger partial charge on any atom is -0.351 e. The minimum atomic E-state index is -3.98. The first kappa shape index (κ1) is 31.5. The Hall–Kier alpha value is -3.52. The van der Waals surface area contributed by atoms with Gasteiger partial charge in [0.15, 0.2) is 0 Å². The number of piperidine rings is 1. The fourth-order valence-corrected chi connectivity index (χ4v) is 8.13. The van der Waals surface area contributed by atoms with Gasteiger partial charge in [-0.1, -0.05) is 28.9 Å². The number of rotatable bonds is 9. The molecule has 3 atom stereocenters. The highest BCUT2D eigenvalue weighted by atomic mass is 35.5. The molecule has 3 fully saturated rings. The zero-order valence-corrected chi connectivity index (χ0v) is 26.7. The Labute approximate surface area is 267 Å². The van der Waals surface area contributed by atoms with Crippen molar-refractivity contribution < 1.29 is 27.3 Å². The number of halogens is 1. The van der Waals surface area contributed by atoms with E-state index in [1.807, 2.05) is 4.90 Å². The van der Waals surface area contributed by atoms with Crippen LogP contribution in [0.5, 0.6) is 0 Å². The number of likely N-dealkylation sites (N-methyl/N-ethyl adjacent to an activating group) is 1. The number of hydrogen-bond donors (Lipinski definition) is 1. The zero-order chi connectivity index (χ0) is 31.7. The number of nitrogens with one attached hydrogen (secondary N) is 1. The fraction of sp³-hybridized carbons (Fsp3) is 0.484. The molecule has 3 amide bonds. The highest BCUT2D eigenvalue weighted by Crippen LogP contribution is 2.25. The molecule has 0 saturated carbocycles. The van der Waals surface area contributed by atoms with Gasteiger partial charge < -0.3 is 19.2 Å². The van der Waals surface area contributed by atoms with Gasteiger partial charge in [0.05, 0.1) is 17.6 Å². The van der Waals surface area contributed by atoms with Gasteiger partial charge >= 0.3 is 0 Å². The topological polar surface area (TPSA) is 136 Å². The highest BCUT2D eigenvalue weighted by Gasteiger charge is 2.38. The van der Waals surface area contributed by atoms with Gasteiger partial charge in [0, 0.05) is 62.9 Å². The van der Waals surface area contributed by atoms with Crippen LogP contribution < -0.4 is 4.72 Å². The lowest BCUT2D eigenvalue weighted by molar-refractivity contribution is -0.143. The molecule has 12 nitrogen and oxygen atoms in total. The third-order valence-electron chi connectivity index (χ3n) is 9.17. The smallest absolute Gasteiger partial charge is 0.292 e. The van der Waals surface area contributed by atoms with Crippen LogP contribution in [-0.4, -0.2) is 115 Å². The number of carbonyl (C=O) groups is 3. The Balaban J connectivity index is 1.04. The van der Waals surface area contributed by atoms with E-state index < -0.39 is 16.1 Å².